The number of aromatic nitrogens is 1. The molecule has 0 unspecified atom stereocenters. The van der Waals surface area contributed by atoms with Gasteiger partial charge in [-0.25, -0.2) is 4.39 Å². The number of nitrogens with one attached hydrogen (secondary N) is 1. The highest BCUT2D eigenvalue weighted by Gasteiger charge is 2.18. The molecule has 1 aromatic heterocycles. The highest BCUT2D eigenvalue weighted by atomic mass is 19.1. The van der Waals surface area contributed by atoms with Gasteiger partial charge in [0.15, 0.2) is 0 Å². The summed E-state index contributed by atoms with van der Waals surface area (Å²) in [6.45, 7) is 0. The van der Waals surface area contributed by atoms with Crippen molar-refractivity contribution < 1.29 is 9.18 Å². The number of rotatable bonds is 3. The monoisotopic (exact) mass is 284 g/mol. The molecule has 21 heavy (non-hydrogen) atoms. The van der Waals surface area contributed by atoms with Gasteiger partial charge < -0.3 is 5.32 Å². The number of pyridine rings is 1. The van der Waals surface area contributed by atoms with Crippen molar-refractivity contribution in [2.75, 3.05) is 0 Å². The first-order valence-electron chi connectivity index (χ1n) is 7.25. The largest absolute Gasteiger partial charge is 0.349 e. The van der Waals surface area contributed by atoms with E-state index in [0.717, 1.165) is 24.1 Å². The van der Waals surface area contributed by atoms with Crippen LogP contribution in [0.3, 0.4) is 0 Å². The van der Waals surface area contributed by atoms with Crippen LogP contribution in [0.25, 0.3) is 11.3 Å². The zero-order chi connectivity index (χ0) is 14.7. The number of halogens is 1. The van der Waals surface area contributed by atoms with Gasteiger partial charge in [0.1, 0.15) is 5.82 Å². The van der Waals surface area contributed by atoms with Crippen molar-refractivity contribution in [2.45, 2.75) is 31.7 Å². The third-order valence-electron chi connectivity index (χ3n) is 3.86. The summed E-state index contributed by atoms with van der Waals surface area (Å²) in [6.07, 6.45) is 6.07. The van der Waals surface area contributed by atoms with Crippen LogP contribution in [0, 0.1) is 5.82 Å². The maximum Gasteiger partial charge on any atom is 0.253 e. The van der Waals surface area contributed by atoms with E-state index >= 15 is 0 Å². The molecule has 1 aromatic carbocycles. The summed E-state index contributed by atoms with van der Waals surface area (Å²) in [4.78, 5) is 16.4. The minimum atomic E-state index is -0.272. The molecule has 1 aliphatic rings. The highest BCUT2D eigenvalue weighted by Crippen LogP contribution is 2.19. The van der Waals surface area contributed by atoms with E-state index in [1.54, 1.807) is 30.5 Å². The van der Waals surface area contributed by atoms with E-state index in [9.17, 15) is 9.18 Å². The molecule has 2 aromatic rings. The minimum Gasteiger partial charge on any atom is -0.349 e. The van der Waals surface area contributed by atoms with Crippen LogP contribution in [-0.4, -0.2) is 16.9 Å². The zero-order valence-electron chi connectivity index (χ0n) is 11.7. The summed E-state index contributed by atoms with van der Waals surface area (Å²) < 4.78 is 12.9. The van der Waals surface area contributed by atoms with Gasteiger partial charge in [-0.15, -0.1) is 0 Å². The average molecular weight is 284 g/mol. The van der Waals surface area contributed by atoms with E-state index in [1.807, 2.05) is 0 Å². The van der Waals surface area contributed by atoms with E-state index in [1.165, 1.54) is 25.0 Å². The number of carbonyl (C=O) groups is 1. The molecule has 3 rings (SSSR count). The Labute approximate surface area is 123 Å². The number of amides is 1. The molecular formula is C17H17FN2O. The summed E-state index contributed by atoms with van der Waals surface area (Å²) in [5.74, 6) is -0.341. The van der Waals surface area contributed by atoms with Crippen molar-refractivity contribution in [3.8, 4) is 11.3 Å². The van der Waals surface area contributed by atoms with Crippen molar-refractivity contribution in [3.63, 3.8) is 0 Å². The number of hydrogen-bond acceptors (Lipinski definition) is 2. The zero-order valence-corrected chi connectivity index (χ0v) is 11.7. The first kappa shape index (κ1) is 13.7. The van der Waals surface area contributed by atoms with Crippen LogP contribution in [0.5, 0.6) is 0 Å². The molecular weight excluding hydrogens is 267 g/mol. The van der Waals surface area contributed by atoms with Crippen LogP contribution >= 0.6 is 0 Å². The fourth-order valence-electron chi connectivity index (χ4n) is 2.66. The molecule has 3 nitrogen and oxygen atoms in total. The Hall–Kier alpha value is -2.23. The summed E-state index contributed by atoms with van der Waals surface area (Å²) in [7, 11) is 0. The van der Waals surface area contributed by atoms with Gasteiger partial charge >= 0.3 is 0 Å². The molecule has 4 heteroatoms. The number of carbonyl (C=O) groups excluding carboxylic acids is 1. The smallest absolute Gasteiger partial charge is 0.253 e. The normalized spacial score (nSPS) is 15.1. The second-order valence-electron chi connectivity index (χ2n) is 5.39. The Balaban J connectivity index is 1.71. The van der Waals surface area contributed by atoms with Crippen molar-refractivity contribution in [2.24, 2.45) is 0 Å². The Kier molecular flexibility index (Phi) is 3.95. The second-order valence-corrected chi connectivity index (χ2v) is 5.39. The van der Waals surface area contributed by atoms with Gasteiger partial charge in [0.2, 0.25) is 0 Å². The van der Waals surface area contributed by atoms with E-state index < -0.39 is 0 Å². The van der Waals surface area contributed by atoms with E-state index in [4.69, 9.17) is 0 Å². The molecule has 0 atom stereocenters. The van der Waals surface area contributed by atoms with Crippen molar-refractivity contribution >= 4 is 5.91 Å². The van der Waals surface area contributed by atoms with Crippen molar-refractivity contribution in [1.82, 2.24) is 10.3 Å². The molecule has 1 amide bonds. The van der Waals surface area contributed by atoms with Crippen LogP contribution in [0.15, 0.2) is 42.6 Å². The van der Waals surface area contributed by atoms with Gasteiger partial charge in [-0.05, 0) is 49.2 Å². The average Bonchev–Trinajstić information content (AvgIpc) is 3.01. The fraction of sp³-hybridized carbons (Fsp3) is 0.294. The molecule has 1 heterocycles. The van der Waals surface area contributed by atoms with Crippen LogP contribution in [0.1, 0.15) is 36.0 Å². The number of nitrogens with zero attached hydrogens (tertiary/aromatic N) is 1. The van der Waals surface area contributed by atoms with Gasteiger partial charge in [-0.2, -0.15) is 0 Å². The first-order valence-corrected chi connectivity index (χ1v) is 7.25. The molecule has 1 fully saturated rings. The van der Waals surface area contributed by atoms with Crippen molar-refractivity contribution in [3.05, 3.63) is 54.0 Å². The fourth-order valence-corrected chi connectivity index (χ4v) is 2.66. The lowest BCUT2D eigenvalue weighted by Gasteiger charge is -2.11. The Morgan fingerprint density at radius 3 is 2.43 bits per heavy atom. The minimum absolute atomic E-state index is 0.0694. The third-order valence-corrected chi connectivity index (χ3v) is 3.86. The van der Waals surface area contributed by atoms with Gasteiger partial charge in [0, 0.05) is 17.8 Å². The van der Waals surface area contributed by atoms with Gasteiger partial charge in [0.25, 0.3) is 5.91 Å². The predicted octanol–water partition coefficient (Wildman–Crippen LogP) is 3.56. The van der Waals surface area contributed by atoms with Crippen LogP contribution in [0.2, 0.25) is 0 Å². The molecule has 1 aliphatic carbocycles. The van der Waals surface area contributed by atoms with E-state index in [0.29, 0.717) is 11.6 Å². The molecule has 1 N–H and O–H groups in total. The quantitative estimate of drug-likeness (QED) is 0.936. The summed E-state index contributed by atoms with van der Waals surface area (Å²) in [6, 6.07) is 10.0. The van der Waals surface area contributed by atoms with E-state index in [2.05, 4.69) is 10.3 Å². The maximum atomic E-state index is 12.9. The Bertz CT molecular complexity index is 616. The maximum absolute atomic E-state index is 12.9. The molecule has 0 bridgehead atoms. The lowest BCUT2D eigenvalue weighted by Crippen LogP contribution is -2.32. The molecule has 0 aliphatic heterocycles. The lowest BCUT2D eigenvalue weighted by atomic mass is 10.1. The SMILES string of the molecule is O=C(NC1CCCC1)c1ccc(-c2ccc(F)cc2)nc1. The van der Waals surface area contributed by atoms with Gasteiger partial charge in [0.05, 0.1) is 11.3 Å². The van der Waals surface area contributed by atoms with Crippen LogP contribution in [-0.2, 0) is 0 Å². The van der Waals surface area contributed by atoms with Crippen LogP contribution < -0.4 is 5.32 Å². The van der Waals surface area contributed by atoms with E-state index in [-0.39, 0.29) is 11.7 Å². The molecule has 0 radical (unpaired) electrons. The first-order chi connectivity index (χ1) is 10.2. The summed E-state index contributed by atoms with van der Waals surface area (Å²) in [5.41, 5.74) is 2.12. The Morgan fingerprint density at radius 2 is 1.81 bits per heavy atom. The predicted molar refractivity (Wildman–Crippen MR) is 79.4 cm³/mol. The summed E-state index contributed by atoms with van der Waals surface area (Å²) >= 11 is 0. The standard InChI is InChI=1S/C17H17FN2O/c18-14-8-5-12(6-9-14)16-10-7-13(11-19-16)17(21)20-15-3-1-2-4-15/h5-11,15H,1-4H2,(H,20,21). The topological polar surface area (TPSA) is 42.0 Å². The number of benzene rings is 1. The highest BCUT2D eigenvalue weighted by molar-refractivity contribution is 5.94. The summed E-state index contributed by atoms with van der Waals surface area (Å²) in [5, 5.41) is 3.03. The number of hydrogen-bond donors (Lipinski definition) is 1. The molecule has 108 valence electrons. The molecule has 0 saturated heterocycles. The third kappa shape index (κ3) is 3.27. The van der Waals surface area contributed by atoms with Crippen molar-refractivity contribution in [1.29, 1.82) is 0 Å². The van der Waals surface area contributed by atoms with Crippen LogP contribution in [0.4, 0.5) is 4.39 Å². The van der Waals surface area contributed by atoms with Gasteiger partial charge in [-0.3, -0.25) is 9.78 Å². The second kappa shape index (κ2) is 6.04. The lowest BCUT2D eigenvalue weighted by molar-refractivity contribution is 0.0937. The Morgan fingerprint density at radius 1 is 1.10 bits per heavy atom. The molecule has 1 saturated carbocycles. The molecule has 0 spiro atoms. The van der Waals surface area contributed by atoms with Gasteiger partial charge in [-0.1, -0.05) is 12.8 Å².